The fraction of sp³-hybridized carbons (Fsp3) is 0.240. The maximum absolute atomic E-state index is 13.6. The summed E-state index contributed by atoms with van der Waals surface area (Å²) in [6.45, 7) is -1.32. The molecule has 1 aliphatic heterocycles. The molecule has 1 N–H and O–H groups in total. The monoisotopic (exact) mass is 530 g/mol. The second kappa shape index (κ2) is 9.18. The van der Waals surface area contributed by atoms with Crippen LogP contribution in [0, 0.1) is 5.82 Å². The van der Waals surface area contributed by atoms with Crippen LogP contribution < -0.4 is 10.1 Å². The predicted molar refractivity (Wildman–Crippen MR) is 130 cm³/mol. The smallest absolute Gasteiger partial charge is 0.387 e. The van der Waals surface area contributed by atoms with Crippen LogP contribution in [0.15, 0.2) is 60.8 Å². The molecule has 2 aromatic heterocycles. The molecule has 0 saturated carbocycles. The zero-order valence-electron chi connectivity index (χ0n) is 19.5. The van der Waals surface area contributed by atoms with Gasteiger partial charge in [0.1, 0.15) is 22.8 Å². The van der Waals surface area contributed by atoms with Gasteiger partial charge in [0.2, 0.25) is 0 Å². The molecule has 1 aliphatic rings. The Morgan fingerprint density at radius 2 is 1.92 bits per heavy atom. The maximum Gasteiger partial charge on any atom is 0.387 e. The Morgan fingerprint density at radius 1 is 1.16 bits per heavy atom. The van der Waals surface area contributed by atoms with Gasteiger partial charge in [0.15, 0.2) is 9.84 Å². The molecule has 4 aromatic rings. The Hall–Kier alpha value is -3.93. The lowest BCUT2D eigenvalue weighted by Gasteiger charge is -2.23. The molecular weight excluding hydrogens is 509 g/mol. The highest BCUT2D eigenvalue weighted by Crippen LogP contribution is 2.32. The number of carbonyl (C=O) groups is 1. The first kappa shape index (κ1) is 24.8. The molecule has 0 spiro atoms. The maximum atomic E-state index is 13.6. The zero-order valence-corrected chi connectivity index (χ0v) is 20.3. The van der Waals surface area contributed by atoms with E-state index in [4.69, 9.17) is 0 Å². The first-order valence-electron chi connectivity index (χ1n) is 11.2. The van der Waals surface area contributed by atoms with E-state index in [2.05, 4.69) is 20.1 Å². The van der Waals surface area contributed by atoms with Crippen molar-refractivity contribution in [3.63, 3.8) is 0 Å². The van der Waals surface area contributed by atoms with Crippen molar-refractivity contribution in [3.05, 3.63) is 72.2 Å². The second-order valence-electron chi connectivity index (χ2n) is 9.09. The molecule has 1 atom stereocenters. The van der Waals surface area contributed by atoms with Crippen molar-refractivity contribution >= 4 is 26.8 Å². The van der Waals surface area contributed by atoms with Gasteiger partial charge in [0, 0.05) is 11.8 Å². The summed E-state index contributed by atoms with van der Waals surface area (Å²) in [7, 11) is -3.23. The highest BCUT2D eigenvalue weighted by Gasteiger charge is 2.39. The van der Waals surface area contributed by atoms with Crippen LogP contribution in [0.5, 0.6) is 5.75 Å². The van der Waals surface area contributed by atoms with Gasteiger partial charge in [-0.25, -0.2) is 17.5 Å². The number of alkyl halides is 2. The summed E-state index contributed by atoms with van der Waals surface area (Å²) in [6, 6.07) is 13.0. The van der Waals surface area contributed by atoms with Crippen LogP contribution in [0.1, 0.15) is 23.7 Å². The third-order valence-electron chi connectivity index (χ3n) is 6.10. The van der Waals surface area contributed by atoms with Crippen LogP contribution >= 0.6 is 0 Å². The Labute approximate surface area is 210 Å². The minimum Gasteiger partial charge on any atom is -0.435 e. The van der Waals surface area contributed by atoms with Crippen molar-refractivity contribution in [2.75, 3.05) is 11.5 Å². The van der Waals surface area contributed by atoms with Gasteiger partial charge in [-0.05, 0) is 55.8 Å². The molecule has 2 aromatic carbocycles. The summed E-state index contributed by atoms with van der Waals surface area (Å²) in [5.74, 6) is -1.18. The topological polar surface area (TPSA) is 103 Å². The average Bonchev–Trinajstić information content (AvgIpc) is 3.35. The molecule has 12 heteroatoms. The highest BCUT2D eigenvalue weighted by molar-refractivity contribution is 7.91. The third-order valence-corrected chi connectivity index (χ3v) is 8.01. The fourth-order valence-corrected chi connectivity index (χ4v) is 6.46. The van der Waals surface area contributed by atoms with Crippen molar-refractivity contribution in [2.24, 2.45) is 0 Å². The molecule has 3 heterocycles. The number of amides is 1. The number of carbonyl (C=O) groups excluding carboxylic acids is 1. The highest BCUT2D eigenvalue weighted by atomic mass is 32.2. The van der Waals surface area contributed by atoms with Crippen molar-refractivity contribution in [2.45, 2.75) is 25.5 Å². The van der Waals surface area contributed by atoms with E-state index in [1.807, 2.05) is 0 Å². The lowest BCUT2D eigenvalue weighted by molar-refractivity contribution is -0.0498. The van der Waals surface area contributed by atoms with E-state index in [0.29, 0.717) is 34.4 Å². The van der Waals surface area contributed by atoms with Crippen LogP contribution in [-0.2, 0) is 9.84 Å². The van der Waals surface area contributed by atoms with E-state index >= 15 is 0 Å². The Kier molecular flexibility index (Phi) is 6.14. The molecule has 1 amide bonds. The zero-order chi connectivity index (χ0) is 26.4. The number of ether oxygens (including phenoxy) is 1. The van der Waals surface area contributed by atoms with E-state index in [1.165, 1.54) is 53.3 Å². The van der Waals surface area contributed by atoms with Gasteiger partial charge >= 0.3 is 6.61 Å². The van der Waals surface area contributed by atoms with Crippen LogP contribution in [-0.4, -0.2) is 52.7 Å². The van der Waals surface area contributed by atoms with E-state index in [9.17, 15) is 26.4 Å². The first-order chi connectivity index (χ1) is 17.5. The van der Waals surface area contributed by atoms with Crippen molar-refractivity contribution in [3.8, 4) is 22.7 Å². The Morgan fingerprint density at radius 3 is 2.59 bits per heavy atom. The molecular formula is C25H21F3N4O4S. The summed E-state index contributed by atoms with van der Waals surface area (Å²) in [5, 5.41) is 7.39. The molecule has 1 saturated heterocycles. The molecule has 0 aliphatic carbocycles. The number of fused-ring (bicyclic) bond motifs is 1. The Bertz CT molecular complexity index is 1610. The molecule has 0 unspecified atom stereocenters. The average molecular weight is 531 g/mol. The Balaban J connectivity index is 1.59. The van der Waals surface area contributed by atoms with Crippen molar-refractivity contribution < 1.29 is 31.1 Å². The van der Waals surface area contributed by atoms with Crippen LogP contribution in [0.4, 0.5) is 13.2 Å². The first-order valence-corrected chi connectivity index (χ1v) is 13.1. The van der Waals surface area contributed by atoms with Crippen LogP contribution in [0.3, 0.4) is 0 Å². The van der Waals surface area contributed by atoms with Gasteiger partial charge in [-0.3, -0.25) is 9.78 Å². The number of hydrogen-bond acceptors (Lipinski definition) is 6. The van der Waals surface area contributed by atoms with Crippen molar-refractivity contribution in [1.82, 2.24) is 20.1 Å². The number of hydrogen-bond donors (Lipinski definition) is 1. The van der Waals surface area contributed by atoms with E-state index in [0.717, 1.165) is 0 Å². The largest absolute Gasteiger partial charge is 0.435 e. The van der Waals surface area contributed by atoms with Gasteiger partial charge in [-0.2, -0.15) is 13.9 Å². The third kappa shape index (κ3) is 5.15. The van der Waals surface area contributed by atoms with Crippen LogP contribution in [0.2, 0.25) is 0 Å². The number of halogens is 3. The molecule has 0 bridgehead atoms. The summed E-state index contributed by atoms with van der Waals surface area (Å²) in [5.41, 5.74) is 1.28. The second-order valence-corrected chi connectivity index (χ2v) is 11.3. The number of nitrogens with one attached hydrogen (secondary N) is 1. The van der Waals surface area contributed by atoms with Crippen LogP contribution in [0.25, 0.3) is 28.0 Å². The van der Waals surface area contributed by atoms with Crippen molar-refractivity contribution in [1.29, 1.82) is 0 Å². The van der Waals surface area contributed by atoms with Gasteiger partial charge in [-0.15, -0.1) is 0 Å². The predicted octanol–water partition coefficient (Wildman–Crippen LogP) is 4.14. The lowest BCUT2D eigenvalue weighted by atomic mass is 10.0. The standard InChI is InChI=1S/C25H21F3N4O4S/c1-25(9-10-37(34,35)14-25)30-23(33)16-12-20-22(29-13-16)21(15-3-2-4-19(11-15)36-24(27)28)31-32(20)18-7-5-17(26)6-8-18/h2-8,11-13,24H,9-10,14H2,1H3,(H,30,33)/t25-/m0/s1. The molecule has 0 radical (unpaired) electrons. The van der Waals surface area contributed by atoms with Gasteiger partial charge in [-0.1, -0.05) is 12.1 Å². The van der Waals surface area contributed by atoms with Gasteiger partial charge < -0.3 is 10.1 Å². The number of aromatic nitrogens is 3. The normalized spacial score (nSPS) is 18.8. The number of pyridine rings is 1. The van der Waals surface area contributed by atoms with E-state index in [-0.39, 0.29) is 22.8 Å². The quantitative estimate of drug-likeness (QED) is 0.402. The molecule has 192 valence electrons. The van der Waals surface area contributed by atoms with Gasteiger partial charge in [0.25, 0.3) is 5.91 Å². The summed E-state index contributed by atoms with van der Waals surface area (Å²) < 4.78 is 68.9. The van der Waals surface area contributed by atoms with E-state index < -0.39 is 33.7 Å². The molecule has 1 fully saturated rings. The number of nitrogens with zero attached hydrogens (tertiary/aromatic N) is 3. The lowest BCUT2D eigenvalue weighted by Crippen LogP contribution is -2.46. The molecule has 8 nitrogen and oxygen atoms in total. The van der Waals surface area contributed by atoms with Gasteiger partial charge in [0.05, 0.1) is 33.8 Å². The minimum atomic E-state index is -3.23. The van der Waals surface area contributed by atoms with E-state index in [1.54, 1.807) is 19.1 Å². The fourth-order valence-electron chi connectivity index (χ4n) is 4.37. The number of benzene rings is 2. The minimum absolute atomic E-state index is 0.00387. The number of sulfone groups is 1. The summed E-state index contributed by atoms with van der Waals surface area (Å²) in [4.78, 5) is 17.5. The number of rotatable bonds is 6. The molecule has 5 rings (SSSR count). The SMILES string of the molecule is C[C@]1(NC(=O)c2cnc3c(-c4cccc(OC(F)F)c4)nn(-c4ccc(F)cc4)c3c2)CCS(=O)(=O)C1. The summed E-state index contributed by atoms with van der Waals surface area (Å²) >= 11 is 0. The summed E-state index contributed by atoms with van der Waals surface area (Å²) in [6.07, 6.45) is 1.63. The molecule has 37 heavy (non-hydrogen) atoms.